The molecule has 74 valence electrons. The van der Waals surface area contributed by atoms with Gasteiger partial charge in [-0.15, -0.1) is 0 Å². The summed E-state index contributed by atoms with van der Waals surface area (Å²) in [7, 11) is 0. The van der Waals surface area contributed by atoms with E-state index in [1.54, 1.807) is 0 Å². The molecule has 0 spiro atoms. The van der Waals surface area contributed by atoms with Crippen molar-refractivity contribution in [3.63, 3.8) is 0 Å². The van der Waals surface area contributed by atoms with Gasteiger partial charge in [-0.1, -0.05) is 34.6 Å². The van der Waals surface area contributed by atoms with Crippen molar-refractivity contribution in [1.82, 2.24) is 5.32 Å². The van der Waals surface area contributed by atoms with Crippen molar-refractivity contribution in [1.29, 1.82) is 0 Å². The quantitative estimate of drug-likeness (QED) is 0.627. The zero-order valence-electron chi connectivity index (χ0n) is 9.41. The Morgan fingerprint density at radius 2 is 1.83 bits per heavy atom. The Morgan fingerprint density at radius 3 is 2.25 bits per heavy atom. The third kappa shape index (κ3) is 8.06. The monoisotopic (exact) mass is 171 g/mol. The lowest BCUT2D eigenvalue weighted by molar-refractivity contribution is 0.300. The maximum atomic E-state index is 3.46. The predicted octanol–water partition coefficient (Wildman–Crippen LogP) is 3.06. The first-order valence-corrected chi connectivity index (χ1v) is 5.16. The molecule has 0 amide bonds. The van der Waals surface area contributed by atoms with E-state index < -0.39 is 0 Å². The highest BCUT2D eigenvalue weighted by Gasteiger charge is 2.14. The molecule has 1 N–H and O–H groups in total. The third-order valence-electron chi connectivity index (χ3n) is 1.88. The molecule has 0 heterocycles. The van der Waals surface area contributed by atoms with Gasteiger partial charge in [-0.2, -0.15) is 0 Å². The molecule has 0 saturated carbocycles. The SMILES string of the molecule is CCCNCC(C)CC(C)(C)C. The van der Waals surface area contributed by atoms with E-state index in [4.69, 9.17) is 0 Å². The second kappa shape index (κ2) is 5.58. The van der Waals surface area contributed by atoms with Gasteiger partial charge in [0.2, 0.25) is 0 Å². The van der Waals surface area contributed by atoms with Crippen molar-refractivity contribution in [3.8, 4) is 0 Å². The molecule has 12 heavy (non-hydrogen) atoms. The van der Waals surface area contributed by atoms with E-state index in [2.05, 4.69) is 39.9 Å². The van der Waals surface area contributed by atoms with Crippen LogP contribution >= 0.6 is 0 Å². The molecular formula is C11H25N. The van der Waals surface area contributed by atoms with E-state index >= 15 is 0 Å². The average Bonchev–Trinajstić information content (AvgIpc) is 1.84. The minimum absolute atomic E-state index is 0.479. The highest BCUT2D eigenvalue weighted by molar-refractivity contribution is 4.67. The van der Waals surface area contributed by atoms with Crippen LogP contribution in [0.2, 0.25) is 0 Å². The van der Waals surface area contributed by atoms with Gasteiger partial charge >= 0.3 is 0 Å². The molecule has 0 aromatic carbocycles. The van der Waals surface area contributed by atoms with Crippen molar-refractivity contribution in [3.05, 3.63) is 0 Å². The van der Waals surface area contributed by atoms with Gasteiger partial charge in [-0.05, 0) is 37.3 Å². The molecule has 0 radical (unpaired) electrons. The summed E-state index contributed by atoms with van der Waals surface area (Å²) in [6.07, 6.45) is 2.55. The van der Waals surface area contributed by atoms with Crippen LogP contribution in [0.4, 0.5) is 0 Å². The van der Waals surface area contributed by atoms with Crippen LogP contribution in [0, 0.1) is 11.3 Å². The first kappa shape index (κ1) is 12.0. The van der Waals surface area contributed by atoms with Crippen LogP contribution in [0.3, 0.4) is 0 Å². The minimum atomic E-state index is 0.479. The molecule has 1 unspecified atom stereocenters. The zero-order valence-corrected chi connectivity index (χ0v) is 9.41. The van der Waals surface area contributed by atoms with Gasteiger partial charge < -0.3 is 5.32 Å². The fourth-order valence-electron chi connectivity index (χ4n) is 1.64. The van der Waals surface area contributed by atoms with E-state index in [1.807, 2.05) is 0 Å². The highest BCUT2D eigenvalue weighted by Crippen LogP contribution is 2.23. The van der Waals surface area contributed by atoms with Crippen molar-refractivity contribution >= 4 is 0 Å². The van der Waals surface area contributed by atoms with Crippen LogP contribution in [0.15, 0.2) is 0 Å². The predicted molar refractivity (Wildman–Crippen MR) is 56.4 cm³/mol. The molecule has 1 nitrogen and oxygen atoms in total. The summed E-state index contributed by atoms with van der Waals surface area (Å²) < 4.78 is 0. The van der Waals surface area contributed by atoms with Gasteiger partial charge in [0.15, 0.2) is 0 Å². The van der Waals surface area contributed by atoms with Crippen molar-refractivity contribution < 1.29 is 0 Å². The Bertz CT molecular complexity index is 102. The topological polar surface area (TPSA) is 12.0 Å². The Morgan fingerprint density at radius 1 is 1.25 bits per heavy atom. The summed E-state index contributed by atoms with van der Waals surface area (Å²) in [5, 5.41) is 3.46. The number of rotatable bonds is 5. The molecule has 0 rings (SSSR count). The fraction of sp³-hybridized carbons (Fsp3) is 1.00. The van der Waals surface area contributed by atoms with Crippen LogP contribution in [0.25, 0.3) is 0 Å². The Labute approximate surface area is 77.9 Å². The van der Waals surface area contributed by atoms with E-state index in [0.717, 1.165) is 12.5 Å². The Balaban J connectivity index is 3.40. The van der Waals surface area contributed by atoms with E-state index in [-0.39, 0.29) is 0 Å². The van der Waals surface area contributed by atoms with Crippen molar-refractivity contribution in [2.24, 2.45) is 11.3 Å². The summed E-state index contributed by atoms with van der Waals surface area (Å²) >= 11 is 0. The van der Waals surface area contributed by atoms with Crippen LogP contribution < -0.4 is 5.32 Å². The van der Waals surface area contributed by atoms with Gasteiger partial charge in [0.1, 0.15) is 0 Å². The largest absolute Gasteiger partial charge is 0.316 e. The lowest BCUT2D eigenvalue weighted by Gasteiger charge is -2.23. The van der Waals surface area contributed by atoms with Gasteiger partial charge in [0.05, 0.1) is 0 Å². The summed E-state index contributed by atoms with van der Waals surface area (Å²) in [6.45, 7) is 13.8. The first-order chi connectivity index (χ1) is 5.45. The Hall–Kier alpha value is -0.0400. The van der Waals surface area contributed by atoms with Crippen molar-refractivity contribution in [2.45, 2.75) is 47.5 Å². The van der Waals surface area contributed by atoms with Crippen LogP contribution in [-0.2, 0) is 0 Å². The maximum Gasteiger partial charge on any atom is -0.00230 e. The molecule has 0 aromatic rings. The molecule has 0 aromatic heterocycles. The molecular weight excluding hydrogens is 146 g/mol. The number of hydrogen-bond donors (Lipinski definition) is 1. The van der Waals surface area contributed by atoms with Gasteiger partial charge in [-0.3, -0.25) is 0 Å². The number of hydrogen-bond acceptors (Lipinski definition) is 1. The molecule has 0 aliphatic rings. The molecule has 0 saturated heterocycles. The minimum Gasteiger partial charge on any atom is -0.316 e. The molecule has 0 aliphatic heterocycles. The third-order valence-corrected chi connectivity index (χ3v) is 1.88. The Kier molecular flexibility index (Phi) is 5.56. The second-order valence-corrected chi connectivity index (χ2v) is 5.07. The van der Waals surface area contributed by atoms with Crippen LogP contribution in [-0.4, -0.2) is 13.1 Å². The highest BCUT2D eigenvalue weighted by atomic mass is 14.8. The van der Waals surface area contributed by atoms with E-state index in [9.17, 15) is 0 Å². The van der Waals surface area contributed by atoms with Crippen LogP contribution in [0.1, 0.15) is 47.5 Å². The lowest BCUT2D eigenvalue weighted by Crippen LogP contribution is -2.24. The summed E-state index contributed by atoms with van der Waals surface area (Å²) in [5.41, 5.74) is 0.479. The van der Waals surface area contributed by atoms with Crippen molar-refractivity contribution in [2.75, 3.05) is 13.1 Å². The summed E-state index contributed by atoms with van der Waals surface area (Å²) in [4.78, 5) is 0. The van der Waals surface area contributed by atoms with E-state index in [1.165, 1.54) is 19.4 Å². The summed E-state index contributed by atoms with van der Waals surface area (Å²) in [5.74, 6) is 0.802. The fourth-order valence-corrected chi connectivity index (χ4v) is 1.64. The van der Waals surface area contributed by atoms with Gasteiger partial charge in [0.25, 0.3) is 0 Å². The van der Waals surface area contributed by atoms with Gasteiger partial charge in [-0.25, -0.2) is 0 Å². The molecule has 0 aliphatic carbocycles. The molecule has 0 fully saturated rings. The maximum absolute atomic E-state index is 3.46. The molecule has 1 heteroatoms. The average molecular weight is 171 g/mol. The van der Waals surface area contributed by atoms with Crippen LogP contribution in [0.5, 0.6) is 0 Å². The standard InChI is InChI=1S/C11H25N/c1-6-7-12-9-10(2)8-11(3,4)5/h10,12H,6-9H2,1-5H3. The second-order valence-electron chi connectivity index (χ2n) is 5.07. The zero-order chi connectivity index (χ0) is 9.61. The van der Waals surface area contributed by atoms with E-state index in [0.29, 0.717) is 5.41 Å². The molecule has 1 atom stereocenters. The smallest absolute Gasteiger partial charge is 0.00230 e. The first-order valence-electron chi connectivity index (χ1n) is 5.16. The number of nitrogens with one attached hydrogen (secondary N) is 1. The summed E-state index contributed by atoms with van der Waals surface area (Å²) in [6, 6.07) is 0. The van der Waals surface area contributed by atoms with Gasteiger partial charge in [0, 0.05) is 0 Å². The normalized spacial score (nSPS) is 14.8. The lowest BCUT2D eigenvalue weighted by atomic mass is 9.85. The molecule has 0 bridgehead atoms.